The standard InChI is InChI=1S/C8H8N/c1-2-8(6-9-5-1)7-3-4-7/h1,5-7H,3-4H2. The predicted octanol–water partition coefficient (Wildman–Crippen LogP) is 1.76. The number of nitrogens with zero attached hydrogens (tertiary/aromatic N) is 1. The molecule has 0 aromatic carbocycles. The number of hydrogen-bond acceptors (Lipinski definition) is 1. The molecule has 0 N–H and O–H groups in total. The smallest absolute Gasteiger partial charge is 0.0308 e. The predicted molar refractivity (Wildman–Crippen MR) is 35.0 cm³/mol. The van der Waals surface area contributed by atoms with Crippen LogP contribution in [-0.4, -0.2) is 4.98 Å². The second-order valence-electron chi connectivity index (χ2n) is 2.47. The SMILES string of the molecule is [c]1ccncc1C1CC1. The molecule has 1 aliphatic carbocycles. The first-order valence-corrected chi connectivity index (χ1v) is 3.28. The van der Waals surface area contributed by atoms with Gasteiger partial charge in [0.1, 0.15) is 0 Å². The zero-order valence-electron chi connectivity index (χ0n) is 5.17. The Morgan fingerprint density at radius 1 is 1.56 bits per heavy atom. The number of hydrogen-bond donors (Lipinski definition) is 0. The second kappa shape index (κ2) is 1.83. The van der Waals surface area contributed by atoms with Gasteiger partial charge in [-0.3, -0.25) is 4.98 Å². The van der Waals surface area contributed by atoms with Crippen molar-refractivity contribution in [2.24, 2.45) is 0 Å². The zero-order valence-corrected chi connectivity index (χ0v) is 5.17. The van der Waals surface area contributed by atoms with Gasteiger partial charge in [-0.2, -0.15) is 0 Å². The van der Waals surface area contributed by atoms with Crippen molar-refractivity contribution in [1.29, 1.82) is 0 Å². The summed E-state index contributed by atoms with van der Waals surface area (Å²) in [5.74, 6) is 0.790. The maximum atomic E-state index is 4.01. The van der Waals surface area contributed by atoms with Crippen LogP contribution in [0.15, 0.2) is 18.5 Å². The van der Waals surface area contributed by atoms with Gasteiger partial charge in [0.05, 0.1) is 0 Å². The Morgan fingerprint density at radius 2 is 2.44 bits per heavy atom. The van der Waals surface area contributed by atoms with Gasteiger partial charge in [0.25, 0.3) is 0 Å². The Balaban J connectivity index is 2.29. The van der Waals surface area contributed by atoms with Crippen molar-refractivity contribution in [1.82, 2.24) is 4.98 Å². The molecule has 1 aromatic heterocycles. The number of rotatable bonds is 1. The lowest BCUT2D eigenvalue weighted by molar-refractivity contribution is 1.09. The largest absolute Gasteiger partial charge is 0.264 e. The maximum Gasteiger partial charge on any atom is 0.0308 e. The fraction of sp³-hybridized carbons (Fsp3) is 0.375. The Kier molecular flexibility index (Phi) is 1.01. The van der Waals surface area contributed by atoms with Crippen molar-refractivity contribution < 1.29 is 0 Å². The van der Waals surface area contributed by atoms with Crippen LogP contribution in [0.25, 0.3) is 0 Å². The minimum Gasteiger partial charge on any atom is -0.264 e. The normalized spacial score (nSPS) is 17.8. The van der Waals surface area contributed by atoms with Crippen molar-refractivity contribution in [3.05, 3.63) is 30.1 Å². The molecule has 0 unspecified atom stereocenters. The number of pyridine rings is 1. The Hall–Kier alpha value is -0.850. The van der Waals surface area contributed by atoms with E-state index in [0.717, 1.165) is 5.92 Å². The van der Waals surface area contributed by atoms with E-state index in [-0.39, 0.29) is 0 Å². The molecule has 1 saturated carbocycles. The summed E-state index contributed by atoms with van der Waals surface area (Å²) in [7, 11) is 0. The van der Waals surface area contributed by atoms with Gasteiger partial charge in [-0.05, 0) is 36.5 Å². The van der Waals surface area contributed by atoms with E-state index in [0.29, 0.717) is 0 Å². The quantitative estimate of drug-likeness (QED) is 0.547. The van der Waals surface area contributed by atoms with E-state index in [1.54, 1.807) is 6.20 Å². The molecule has 0 saturated heterocycles. The molecule has 2 rings (SSSR count). The van der Waals surface area contributed by atoms with Crippen molar-refractivity contribution in [3.63, 3.8) is 0 Å². The lowest BCUT2D eigenvalue weighted by Crippen LogP contribution is -1.78. The van der Waals surface area contributed by atoms with Gasteiger partial charge in [0, 0.05) is 12.4 Å². The van der Waals surface area contributed by atoms with Gasteiger partial charge in [0.2, 0.25) is 0 Å². The third kappa shape index (κ3) is 0.947. The molecule has 0 amide bonds. The third-order valence-corrected chi connectivity index (χ3v) is 1.64. The fourth-order valence-corrected chi connectivity index (χ4v) is 0.955. The fourth-order valence-electron chi connectivity index (χ4n) is 0.955. The minimum absolute atomic E-state index is 0.790. The van der Waals surface area contributed by atoms with Gasteiger partial charge in [-0.1, -0.05) is 0 Å². The Labute approximate surface area is 54.7 Å². The van der Waals surface area contributed by atoms with Crippen molar-refractivity contribution in [2.75, 3.05) is 0 Å². The van der Waals surface area contributed by atoms with Gasteiger partial charge in [0.15, 0.2) is 0 Å². The first kappa shape index (κ1) is 4.98. The molecule has 0 spiro atoms. The summed E-state index contributed by atoms with van der Waals surface area (Å²) in [6.45, 7) is 0. The van der Waals surface area contributed by atoms with Gasteiger partial charge in [-0.15, -0.1) is 0 Å². The summed E-state index contributed by atoms with van der Waals surface area (Å²) >= 11 is 0. The van der Waals surface area contributed by atoms with Gasteiger partial charge >= 0.3 is 0 Å². The topological polar surface area (TPSA) is 12.9 Å². The van der Waals surface area contributed by atoms with Crippen LogP contribution in [0.1, 0.15) is 24.3 Å². The van der Waals surface area contributed by atoms with Gasteiger partial charge < -0.3 is 0 Å². The lowest BCUT2D eigenvalue weighted by atomic mass is 10.2. The van der Waals surface area contributed by atoms with E-state index in [1.807, 2.05) is 12.3 Å². The lowest BCUT2D eigenvalue weighted by Gasteiger charge is -1.90. The van der Waals surface area contributed by atoms with Crippen LogP contribution in [0.4, 0.5) is 0 Å². The summed E-state index contributed by atoms with van der Waals surface area (Å²) in [5, 5.41) is 0. The van der Waals surface area contributed by atoms with Crippen molar-refractivity contribution in [2.45, 2.75) is 18.8 Å². The average molecular weight is 118 g/mol. The van der Waals surface area contributed by atoms with Crippen LogP contribution in [0.2, 0.25) is 0 Å². The summed E-state index contributed by atoms with van der Waals surface area (Å²) in [6, 6.07) is 5.05. The van der Waals surface area contributed by atoms with E-state index < -0.39 is 0 Å². The highest BCUT2D eigenvalue weighted by molar-refractivity contribution is 5.17. The minimum atomic E-state index is 0.790. The highest BCUT2D eigenvalue weighted by Gasteiger charge is 2.23. The highest BCUT2D eigenvalue weighted by Crippen LogP contribution is 2.38. The molecule has 45 valence electrons. The molecule has 1 heteroatoms. The molecule has 1 fully saturated rings. The Morgan fingerprint density at radius 3 is 3.00 bits per heavy atom. The van der Waals surface area contributed by atoms with E-state index in [1.165, 1.54) is 18.4 Å². The third-order valence-electron chi connectivity index (χ3n) is 1.64. The van der Waals surface area contributed by atoms with E-state index in [9.17, 15) is 0 Å². The average Bonchev–Trinajstić information content (AvgIpc) is 2.71. The molecule has 0 bridgehead atoms. The van der Waals surface area contributed by atoms with E-state index in [2.05, 4.69) is 11.1 Å². The van der Waals surface area contributed by atoms with Crippen LogP contribution >= 0.6 is 0 Å². The summed E-state index contributed by atoms with van der Waals surface area (Å²) in [4.78, 5) is 4.01. The van der Waals surface area contributed by atoms with Crippen LogP contribution < -0.4 is 0 Å². The van der Waals surface area contributed by atoms with Crippen molar-refractivity contribution >= 4 is 0 Å². The molecule has 1 aliphatic rings. The van der Waals surface area contributed by atoms with E-state index in [4.69, 9.17) is 0 Å². The van der Waals surface area contributed by atoms with E-state index >= 15 is 0 Å². The van der Waals surface area contributed by atoms with Crippen LogP contribution in [0.3, 0.4) is 0 Å². The molecule has 0 atom stereocenters. The molecule has 1 heterocycles. The van der Waals surface area contributed by atoms with Gasteiger partial charge in [-0.25, -0.2) is 0 Å². The summed E-state index contributed by atoms with van der Waals surface area (Å²) in [5.41, 5.74) is 1.29. The summed E-state index contributed by atoms with van der Waals surface area (Å²) < 4.78 is 0. The van der Waals surface area contributed by atoms with Crippen LogP contribution in [0, 0.1) is 6.07 Å². The molecular formula is C8H8N. The van der Waals surface area contributed by atoms with Crippen LogP contribution in [-0.2, 0) is 0 Å². The molecule has 1 aromatic rings. The first-order valence-electron chi connectivity index (χ1n) is 3.28. The monoisotopic (exact) mass is 118 g/mol. The zero-order chi connectivity index (χ0) is 6.10. The molecule has 0 aliphatic heterocycles. The number of aromatic nitrogens is 1. The molecule has 1 radical (unpaired) electrons. The Bertz CT molecular complexity index is 189. The highest BCUT2D eigenvalue weighted by atomic mass is 14.6. The molecule has 9 heavy (non-hydrogen) atoms. The second-order valence-corrected chi connectivity index (χ2v) is 2.47. The van der Waals surface area contributed by atoms with Crippen LogP contribution in [0.5, 0.6) is 0 Å². The maximum absolute atomic E-state index is 4.01. The first-order chi connectivity index (χ1) is 4.47. The van der Waals surface area contributed by atoms with Crippen molar-refractivity contribution in [3.8, 4) is 0 Å². The molecule has 1 nitrogen and oxygen atoms in total. The molecular weight excluding hydrogens is 110 g/mol. The summed E-state index contributed by atoms with van der Waals surface area (Å²) in [6.07, 6.45) is 6.36.